The topological polar surface area (TPSA) is 75.3 Å². The number of hydrogen-bond donors (Lipinski definition) is 2. The van der Waals surface area contributed by atoms with Crippen LogP contribution in [0.25, 0.3) is 11.1 Å². The first-order chi connectivity index (χ1) is 9.42. The van der Waals surface area contributed by atoms with Crippen molar-refractivity contribution in [3.05, 3.63) is 24.5 Å². The minimum atomic E-state index is -0.777. The average Bonchev–Trinajstić information content (AvgIpc) is 2.78. The second-order valence-electron chi connectivity index (χ2n) is 5.32. The van der Waals surface area contributed by atoms with Crippen LogP contribution in [0.3, 0.4) is 0 Å². The Morgan fingerprint density at radius 3 is 2.75 bits per heavy atom. The highest BCUT2D eigenvalue weighted by Gasteiger charge is 2.23. The number of nitrogens with two attached hydrogens (primary N) is 1. The SMILES string of the molecule is CCN(CC(C)(C)O)c1snc(N)c1-c1cccnc1. The maximum atomic E-state index is 10.0. The molecule has 20 heavy (non-hydrogen) atoms. The molecule has 0 saturated heterocycles. The van der Waals surface area contributed by atoms with Gasteiger partial charge in [0.1, 0.15) is 10.8 Å². The van der Waals surface area contributed by atoms with Gasteiger partial charge < -0.3 is 15.7 Å². The number of aliphatic hydroxyl groups is 1. The molecule has 0 spiro atoms. The van der Waals surface area contributed by atoms with Gasteiger partial charge in [-0.2, -0.15) is 4.37 Å². The van der Waals surface area contributed by atoms with Gasteiger partial charge in [-0.05, 0) is 38.4 Å². The molecule has 0 aromatic carbocycles. The molecule has 2 rings (SSSR count). The summed E-state index contributed by atoms with van der Waals surface area (Å²) in [6, 6.07) is 3.84. The molecule has 108 valence electrons. The van der Waals surface area contributed by atoms with Crippen LogP contribution in [0.5, 0.6) is 0 Å². The van der Waals surface area contributed by atoms with E-state index in [-0.39, 0.29) is 0 Å². The fraction of sp³-hybridized carbons (Fsp3) is 0.429. The van der Waals surface area contributed by atoms with Gasteiger partial charge in [-0.3, -0.25) is 4.98 Å². The first kappa shape index (κ1) is 14.7. The third-order valence-corrected chi connectivity index (χ3v) is 3.82. The highest BCUT2D eigenvalue weighted by Crippen LogP contribution is 2.39. The van der Waals surface area contributed by atoms with E-state index in [1.54, 1.807) is 26.2 Å². The lowest BCUT2D eigenvalue weighted by atomic mass is 10.1. The van der Waals surface area contributed by atoms with Crippen LogP contribution in [-0.2, 0) is 0 Å². The lowest BCUT2D eigenvalue weighted by Crippen LogP contribution is -2.38. The first-order valence-corrected chi connectivity index (χ1v) is 7.32. The normalized spacial score (nSPS) is 11.6. The summed E-state index contributed by atoms with van der Waals surface area (Å²) in [5.41, 5.74) is 7.08. The van der Waals surface area contributed by atoms with E-state index in [9.17, 15) is 5.11 Å². The molecule has 2 aromatic heterocycles. The summed E-state index contributed by atoms with van der Waals surface area (Å²) in [4.78, 5) is 6.23. The molecule has 0 aliphatic rings. The molecule has 0 amide bonds. The molecule has 2 aromatic rings. The maximum Gasteiger partial charge on any atom is 0.147 e. The van der Waals surface area contributed by atoms with Crippen LogP contribution < -0.4 is 10.6 Å². The van der Waals surface area contributed by atoms with Crippen molar-refractivity contribution in [2.75, 3.05) is 23.7 Å². The second kappa shape index (κ2) is 5.76. The Hall–Kier alpha value is -1.66. The van der Waals surface area contributed by atoms with Gasteiger partial charge >= 0.3 is 0 Å². The highest BCUT2D eigenvalue weighted by atomic mass is 32.1. The van der Waals surface area contributed by atoms with Crippen LogP contribution in [0.15, 0.2) is 24.5 Å². The summed E-state index contributed by atoms with van der Waals surface area (Å²) in [6.07, 6.45) is 3.51. The second-order valence-corrected chi connectivity index (χ2v) is 6.07. The van der Waals surface area contributed by atoms with Crippen molar-refractivity contribution in [3.8, 4) is 11.1 Å². The van der Waals surface area contributed by atoms with Crippen molar-refractivity contribution in [2.45, 2.75) is 26.4 Å². The summed E-state index contributed by atoms with van der Waals surface area (Å²) in [7, 11) is 0. The number of aromatic nitrogens is 2. The molecule has 0 atom stereocenters. The van der Waals surface area contributed by atoms with Crippen molar-refractivity contribution in [3.63, 3.8) is 0 Å². The Balaban J connectivity index is 2.42. The molecule has 0 aliphatic heterocycles. The molecular weight excluding hydrogens is 272 g/mol. The Morgan fingerprint density at radius 2 is 2.20 bits per heavy atom. The molecule has 0 fully saturated rings. The Labute approximate surface area is 123 Å². The van der Waals surface area contributed by atoms with Crippen molar-refractivity contribution in [2.24, 2.45) is 0 Å². The Kier molecular flexibility index (Phi) is 4.25. The molecule has 5 nitrogen and oxygen atoms in total. The number of nitrogen functional groups attached to an aromatic ring is 1. The van der Waals surface area contributed by atoms with Crippen molar-refractivity contribution in [1.29, 1.82) is 0 Å². The molecule has 0 bridgehead atoms. The molecule has 0 radical (unpaired) electrons. The van der Waals surface area contributed by atoms with Crippen LogP contribution >= 0.6 is 11.5 Å². The summed E-state index contributed by atoms with van der Waals surface area (Å²) in [5.74, 6) is 0.507. The van der Waals surface area contributed by atoms with Gasteiger partial charge in [0.25, 0.3) is 0 Å². The zero-order valence-corrected chi connectivity index (χ0v) is 12.8. The molecule has 0 unspecified atom stereocenters. The van der Waals surface area contributed by atoms with Crippen LogP contribution in [0, 0.1) is 0 Å². The minimum absolute atomic E-state index is 0.507. The molecular formula is C14H20N4OS. The first-order valence-electron chi connectivity index (χ1n) is 6.55. The molecule has 2 heterocycles. The molecule has 6 heteroatoms. The quantitative estimate of drug-likeness (QED) is 0.885. The number of anilines is 2. The van der Waals surface area contributed by atoms with Gasteiger partial charge in [0, 0.05) is 31.0 Å². The zero-order valence-electron chi connectivity index (χ0n) is 12.0. The van der Waals surface area contributed by atoms with Crippen molar-refractivity contribution in [1.82, 2.24) is 9.36 Å². The van der Waals surface area contributed by atoms with Crippen LogP contribution in [0.4, 0.5) is 10.8 Å². The number of pyridine rings is 1. The standard InChI is InChI=1S/C14H20N4OS/c1-4-18(9-14(2,3)19)13-11(12(15)17-20-13)10-6-5-7-16-8-10/h5-8,19H,4,9H2,1-3H3,(H2,15,17). The van der Waals surface area contributed by atoms with Crippen LogP contribution in [0.2, 0.25) is 0 Å². The molecule has 0 saturated carbocycles. The summed E-state index contributed by atoms with van der Waals surface area (Å²) in [5, 5.41) is 11.0. The maximum absolute atomic E-state index is 10.0. The third kappa shape index (κ3) is 3.26. The number of likely N-dealkylation sites (N-methyl/N-ethyl adjacent to an activating group) is 1. The Morgan fingerprint density at radius 1 is 1.45 bits per heavy atom. The van der Waals surface area contributed by atoms with E-state index in [1.807, 2.05) is 12.1 Å². The highest BCUT2D eigenvalue weighted by molar-refractivity contribution is 7.11. The van der Waals surface area contributed by atoms with Gasteiger partial charge in [-0.1, -0.05) is 6.07 Å². The summed E-state index contributed by atoms with van der Waals surface area (Å²) < 4.78 is 4.26. The lowest BCUT2D eigenvalue weighted by molar-refractivity contribution is 0.0877. The van der Waals surface area contributed by atoms with Gasteiger partial charge in [0.2, 0.25) is 0 Å². The zero-order chi connectivity index (χ0) is 14.8. The number of rotatable bonds is 5. The minimum Gasteiger partial charge on any atom is -0.389 e. The van der Waals surface area contributed by atoms with Gasteiger partial charge in [0.15, 0.2) is 0 Å². The van der Waals surface area contributed by atoms with Gasteiger partial charge in [-0.15, -0.1) is 0 Å². The smallest absolute Gasteiger partial charge is 0.147 e. The monoisotopic (exact) mass is 292 g/mol. The summed E-state index contributed by atoms with van der Waals surface area (Å²) in [6.45, 7) is 6.94. The fourth-order valence-electron chi connectivity index (χ4n) is 2.09. The van der Waals surface area contributed by atoms with Gasteiger partial charge in [-0.25, -0.2) is 0 Å². The van der Waals surface area contributed by atoms with Crippen molar-refractivity contribution >= 4 is 22.4 Å². The van der Waals surface area contributed by atoms with E-state index >= 15 is 0 Å². The summed E-state index contributed by atoms with van der Waals surface area (Å²) >= 11 is 1.36. The fourth-order valence-corrected chi connectivity index (χ4v) is 2.98. The van der Waals surface area contributed by atoms with E-state index in [0.29, 0.717) is 12.4 Å². The predicted molar refractivity (Wildman–Crippen MR) is 83.9 cm³/mol. The van der Waals surface area contributed by atoms with E-state index in [2.05, 4.69) is 21.2 Å². The predicted octanol–water partition coefficient (Wildman–Crippen LogP) is 2.38. The van der Waals surface area contributed by atoms with E-state index < -0.39 is 5.60 Å². The Bertz CT molecular complexity index is 562. The number of nitrogens with zero attached hydrogens (tertiary/aromatic N) is 3. The lowest BCUT2D eigenvalue weighted by Gasteiger charge is -2.29. The van der Waals surface area contributed by atoms with Crippen molar-refractivity contribution < 1.29 is 5.11 Å². The largest absolute Gasteiger partial charge is 0.389 e. The molecule has 3 N–H and O–H groups in total. The average molecular weight is 292 g/mol. The van der Waals surface area contributed by atoms with Crippen LogP contribution in [0.1, 0.15) is 20.8 Å². The third-order valence-electron chi connectivity index (χ3n) is 2.90. The van der Waals surface area contributed by atoms with Crippen LogP contribution in [-0.4, -0.2) is 33.2 Å². The molecule has 0 aliphatic carbocycles. The van der Waals surface area contributed by atoms with Gasteiger partial charge in [0.05, 0.1) is 11.2 Å². The van der Waals surface area contributed by atoms with E-state index in [0.717, 1.165) is 22.7 Å². The number of hydrogen-bond acceptors (Lipinski definition) is 6. The van der Waals surface area contributed by atoms with E-state index in [4.69, 9.17) is 5.73 Å². The van der Waals surface area contributed by atoms with E-state index in [1.165, 1.54) is 11.5 Å².